The summed E-state index contributed by atoms with van der Waals surface area (Å²) < 4.78 is 10.8. The minimum atomic E-state index is -0.567. The monoisotopic (exact) mass is 439 g/mol. The van der Waals surface area contributed by atoms with Gasteiger partial charge in [0.25, 0.3) is 0 Å². The average Bonchev–Trinajstić information content (AvgIpc) is 2.81. The Bertz CT molecular complexity index is 1040. The molecule has 0 spiro atoms. The van der Waals surface area contributed by atoms with E-state index in [1.165, 1.54) is 0 Å². The summed E-state index contributed by atoms with van der Waals surface area (Å²) in [6.07, 6.45) is 4.00. The third-order valence-corrected chi connectivity index (χ3v) is 5.76. The molecule has 3 aromatic rings. The van der Waals surface area contributed by atoms with Gasteiger partial charge in [-0.2, -0.15) is 4.98 Å². The summed E-state index contributed by atoms with van der Waals surface area (Å²) in [6.45, 7) is 6.43. The lowest BCUT2D eigenvalue weighted by atomic mass is 9.89. The van der Waals surface area contributed by atoms with Crippen LogP contribution in [0.25, 0.3) is 11.0 Å². The van der Waals surface area contributed by atoms with E-state index < -0.39 is 11.6 Å². The molecule has 2 heterocycles. The highest BCUT2D eigenvalue weighted by molar-refractivity contribution is 5.86. The van der Waals surface area contributed by atoms with E-state index in [-0.39, 0.29) is 0 Å². The molecular weight excluding hydrogens is 406 g/mol. The number of aliphatic hydroxyl groups is 1. The highest BCUT2D eigenvalue weighted by Crippen LogP contribution is 2.29. The van der Waals surface area contributed by atoms with Crippen LogP contribution in [0.4, 0.5) is 11.8 Å². The van der Waals surface area contributed by atoms with Gasteiger partial charge in [0.15, 0.2) is 5.82 Å². The second kappa shape index (κ2) is 10.5. The fraction of sp³-hybridized carbons (Fsp3) is 0.458. The molecule has 172 valence electrons. The van der Waals surface area contributed by atoms with Crippen LogP contribution in [0.1, 0.15) is 45.6 Å². The van der Waals surface area contributed by atoms with Crippen molar-refractivity contribution in [3.63, 3.8) is 0 Å². The van der Waals surface area contributed by atoms with E-state index in [1.807, 2.05) is 37.3 Å². The van der Waals surface area contributed by atoms with Crippen molar-refractivity contribution in [2.45, 2.75) is 58.2 Å². The number of ether oxygens (including phenoxy) is 2. The summed E-state index contributed by atoms with van der Waals surface area (Å²) in [5.41, 5.74) is 1.81. The van der Waals surface area contributed by atoms with Crippen molar-refractivity contribution < 1.29 is 14.6 Å². The van der Waals surface area contributed by atoms with E-state index in [9.17, 15) is 5.11 Å². The standard InChI is InChI=1S/C24H33N5O3/c1-6-7-12-24(3,16(2)30)29-22-21-19(9-8-13-25-21)27-23(28-22)26-15-17-10-11-18(31-4)14-20(17)32-5/h8-11,13-14,16,30H,6-7,12,15H2,1-5H3,(H2,26,27,28,29)/t16-,24+/m0/s1. The molecule has 32 heavy (non-hydrogen) atoms. The minimum absolute atomic E-state index is 0.467. The van der Waals surface area contributed by atoms with Crippen molar-refractivity contribution in [2.75, 3.05) is 24.9 Å². The zero-order valence-electron chi connectivity index (χ0n) is 19.5. The van der Waals surface area contributed by atoms with E-state index in [1.54, 1.807) is 27.3 Å². The predicted molar refractivity (Wildman–Crippen MR) is 127 cm³/mol. The Morgan fingerprint density at radius 2 is 1.97 bits per heavy atom. The summed E-state index contributed by atoms with van der Waals surface area (Å²) in [6, 6.07) is 9.43. The fourth-order valence-electron chi connectivity index (χ4n) is 3.50. The van der Waals surface area contributed by atoms with E-state index in [4.69, 9.17) is 14.5 Å². The first-order valence-corrected chi connectivity index (χ1v) is 10.9. The lowest BCUT2D eigenvalue weighted by molar-refractivity contribution is 0.116. The first-order valence-electron chi connectivity index (χ1n) is 10.9. The number of benzene rings is 1. The molecule has 0 radical (unpaired) electrons. The first kappa shape index (κ1) is 23.5. The Kier molecular flexibility index (Phi) is 7.69. The van der Waals surface area contributed by atoms with E-state index in [0.29, 0.717) is 23.8 Å². The number of unbranched alkanes of at least 4 members (excludes halogenated alkanes) is 1. The van der Waals surface area contributed by atoms with Crippen molar-refractivity contribution in [1.82, 2.24) is 15.0 Å². The molecule has 2 aromatic heterocycles. The maximum Gasteiger partial charge on any atom is 0.225 e. The number of nitrogens with one attached hydrogen (secondary N) is 2. The fourth-order valence-corrected chi connectivity index (χ4v) is 3.50. The average molecular weight is 440 g/mol. The molecule has 0 bridgehead atoms. The van der Waals surface area contributed by atoms with Gasteiger partial charge >= 0.3 is 0 Å². The number of hydrogen-bond donors (Lipinski definition) is 3. The van der Waals surface area contributed by atoms with Gasteiger partial charge in [0.2, 0.25) is 5.95 Å². The topological polar surface area (TPSA) is 101 Å². The van der Waals surface area contributed by atoms with Gasteiger partial charge in [0, 0.05) is 24.4 Å². The predicted octanol–water partition coefficient (Wildman–Crippen LogP) is 4.40. The van der Waals surface area contributed by atoms with Crippen LogP contribution in [0.3, 0.4) is 0 Å². The molecule has 0 saturated carbocycles. The van der Waals surface area contributed by atoms with Crippen LogP contribution in [-0.4, -0.2) is 45.9 Å². The maximum absolute atomic E-state index is 10.5. The Morgan fingerprint density at radius 1 is 1.16 bits per heavy atom. The van der Waals surface area contributed by atoms with E-state index >= 15 is 0 Å². The number of anilines is 2. The summed E-state index contributed by atoms with van der Waals surface area (Å²) in [7, 11) is 3.26. The SMILES string of the molecule is CCCC[C@@](C)(Nc1nc(NCc2ccc(OC)cc2OC)nc2cccnc12)[C@H](C)O. The normalized spacial score (nSPS) is 13.9. The Labute approximate surface area is 189 Å². The Hall–Kier alpha value is -3.13. The number of rotatable bonds is 11. The lowest BCUT2D eigenvalue weighted by Crippen LogP contribution is -2.45. The molecule has 2 atom stereocenters. The largest absolute Gasteiger partial charge is 0.497 e. The molecule has 0 aliphatic carbocycles. The number of nitrogens with zero attached hydrogens (tertiary/aromatic N) is 3. The number of aromatic nitrogens is 3. The number of fused-ring (bicyclic) bond motifs is 1. The van der Waals surface area contributed by atoms with Crippen molar-refractivity contribution in [3.8, 4) is 11.5 Å². The van der Waals surface area contributed by atoms with E-state index in [2.05, 4.69) is 27.5 Å². The summed E-state index contributed by atoms with van der Waals surface area (Å²) in [5, 5.41) is 17.2. The highest BCUT2D eigenvalue weighted by atomic mass is 16.5. The molecule has 0 unspecified atom stereocenters. The molecule has 0 fully saturated rings. The lowest BCUT2D eigenvalue weighted by Gasteiger charge is -2.34. The molecule has 0 aliphatic rings. The zero-order chi connectivity index (χ0) is 23.1. The van der Waals surface area contributed by atoms with E-state index in [0.717, 1.165) is 41.8 Å². The Morgan fingerprint density at radius 3 is 2.66 bits per heavy atom. The number of aliphatic hydroxyl groups excluding tert-OH is 1. The summed E-state index contributed by atoms with van der Waals surface area (Å²) in [5.74, 6) is 2.52. The van der Waals surface area contributed by atoms with Gasteiger partial charge in [0.05, 0.1) is 31.4 Å². The number of pyridine rings is 1. The molecule has 0 amide bonds. The van der Waals surface area contributed by atoms with Gasteiger partial charge in [-0.25, -0.2) is 4.98 Å². The van der Waals surface area contributed by atoms with Crippen molar-refractivity contribution in [1.29, 1.82) is 0 Å². The highest BCUT2D eigenvalue weighted by Gasteiger charge is 2.30. The van der Waals surface area contributed by atoms with Gasteiger partial charge in [0.1, 0.15) is 17.0 Å². The van der Waals surface area contributed by atoms with Crippen LogP contribution in [-0.2, 0) is 6.54 Å². The third kappa shape index (κ3) is 5.37. The van der Waals surface area contributed by atoms with Crippen LogP contribution in [0.5, 0.6) is 11.5 Å². The van der Waals surface area contributed by atoms with Crippen LogP contribution >= 0.6 is 0 Å². The zero-order valence-corrected chi connectivity index (χ0v) is 19.5. The smallest absolute Gasteiger partial charge is 0.225 e. The van der Waals surface area contributed by atoms with Gasteiger partial charge in [-0.3, -0.25) is 4.98 Å². The molecule has 1 aromatic carbocycles. The molecule has 0 aliphatic heterocycles. The van der Waals surface area contributed by atoms with Gasteiger partial charge in [-0.1, -0.05) is 19.8 Å². The van der Waals surface area contributed by atoms with Crippen molar-refractivity contribution >= 4 is 22.8 Å². The van der Waals surface area contributed by atoms with Crippen molar-refractivity contribution in [2.24, 2.45) is 0 Å². The second-order valence-corrected chi connectivity index (χ2v) is 8.12. The molecule has 3 rings (SSSR count). The summed E-state index contributed by atoms with van der Waals surface area (Å²) >= 11 is 0. The molecule has 8 heteroatoms. The van der Waals surface area contributed by atoms with Gasteiger partial charge < -0.3 is 25.2 Å². The Balaban J connectivity index is 1.91. The van der Waals surface area contributed by atoms with Crippen molar-refractivity contribution in [3.05, 3.63) is 42.1 Å². The van der Waals surface area contributed by atoms with Crippen LogP contribution < -0.4 is 20.1 Å². The molecule has 8 nitrogen and oxygen atoms in total. The first-order chi connectivity index (χ1) is 15.4. The van der Waals surface area contributed by atoms with Crippen LogP contribution in [0.2, 0.25) is 0 Å². The number of hydrogen-bond acceptors (Lipinski definition) is 8. The van der Waals surface area contributed by atoms with Crippen LogP contribution in [0.15, 0.2) is 36.5 Å². The minimum Gasteiger partial charge on any atom is -0.497 e. The summed E-state index contributed by atoms with van der Waals surface area (Å²) in [4.78, 5) is 13.8. The molecule has 0 saturated heterocycles. The maximum atomic E-state index is 10.5. The molecule has 3 N–H and O–H groups in total. The second-order valence-electron chi connectivity index (χ2n) is 8.12. The van der Waals surface area contributed by atoms with Gasteiger partial charge in [-0.15, -0.1) is 0 Å². The number of methoxy groups -OCH3 is 2. The molecular formula is C24H33N5O3. The van der Waals surface area contributed by atoms with Crippen LogP contribution in [0, 0.1) is 0 Å². The third-order valence-electron chi connectivity index (χ3n) is 5.76. The quantitative estimate of drug-likeness (QED) is 0.404. The van der Waals surface area contributed by atoms with Gasteiger partial charge in [-0.05, 0) is 44.5 Å².